The molecule has 0 atom stereocenters. The molecule has 4 heteroatoms. The molecule has 0 amide bonds. The largest absolute Gasteiger partial charge is 0.310 e. The maximum Gasteiger partial charge on any atom is 0.123 e. The van der Waals surface area contributed by atoms with Gasteiger partial charge in [0, 0.05) is 33.5 Å². The predicted molar refractivity (Wildman–Crippen MR) is 319 cm³/mol. The monoisotopic (exact) mass is 988 g/mol. The average Bonchev–Trinajstić information content (AvgIpc) is 3.47. The lowest BCUT2D eigenvalue weighted by molar-refractivity contribution is 0.590. The van der Waals surface area contributed by atoms with Crippen molar-refractivity contribution in [3.63, 3.8) is 0 Å². The van der Waals surface area contributed by atoms with Gasteiger partial charge in [0.2, 0.25) is 0 Å². The normalized spacial score (nSPS) is 11.9. The van der Waals surface area contributed by atoms with Crippen LogP contribution in [0.15, 0.2) is 243 Å². The summed E-state index contributed by atoms with van der Waals surface area (Å²) in [6.45, 7) is 13.5. The van der Waals surface area contributed by atoms with Gasteiger partial charge in [-0.1, -0.05) is 187 Å². The van der Waals surface area contributed by atoms with Gasteiger partial charge in [0.15, 0.2) is 0 Å². The maximum absolute atomic E-state index is 14.5. The number of anilines is 6. The van der Waals surface area contributed by atoms with Crippen LogP contribution in [0.25, 0.3) is 76.8 Å². The average molecular weight is 989 g/mol. The standard InChI is InChI=1S/C72H58F2N2/c1-71(2,3)57-25-33-61(34-26-57)75(63-43-53(47-13-9-7-10-14-47)41-55(45-63)49-17-29-59(73)30-18-49)67-39-23-51-22-38-66-68(40-24-52-21-37-65(67)69(51)70(52)66)76(62-35-27-58(28-36-62)72(4,5)6)64-44-54(48-15-11-8-12-16-48)42-56(46-64)50-19-31-60(74)32-20-50/h7-46H,1-6H3. The highest BCUT2D eigenvalue weighted by molar-refractivity contribution is 6.28. The van der Waals surface area contributed by atoms with Gasteiger partial charge < -0.3 is 9.80 Å². The molecule has 12 aromatic carbocycles. The van der Waals surface area contributed by atoms with Crippen molar-refractivity contribution in [2.45, 2.75) is 52.4 Å². The molecule has 0 bridgehead atoms. The zero-order valence-electron chi connectivity index (χ0n) is 43.7. The minimum atomic E-state index is -0.266. The second-order valence-electron chi connectivity index (χ2n) is 22.1. The maximum atomic E-state index is 14.5. The molecule has 76 heavy (non-hydrogen) atoms. The fraction of sp³-hybridized carbons (Fsp3) is 0.111. The van der Waals surface area contributed by atoms with Crippen molar-refractivity contribution in [2.24, 2.45) is 0 Å². The van der Waals surface area contributed by atoms with Crippen molar-refractivity contribution in [3.8, 4) is 44.5 Å². The predicted octanol–water partition coefficient (Wildman–Crippen LogP) is 21.1. The van der Waals surface area contributed by atoms with E-state index in [-0.39, 0.29) is 22.5 Å². The van der Waals surface area contributed by atoms with E-state index in [1.807, 2.05) is 36.4 Å². The fourth-order valence-electron chi connectivity index (χ4n) is 10.9. The van der Waals surface area contributed by atoms with Crippen LogP contribution < -0.4 is 9.80 Å². The Morgan fingerprint density at radius 1 is 0.276 bits per heavy atom. The lowest BCUT2D eigenvalue weighted by atomic mass is 9.87. The molecule has 0 aliphatic heterocycles. The number of rotatable bonds is 10. The molecule has 0 heterocycles. The highest BCUT2D eigenvalue weighted by Crippen LogP contribution is 2.50. The van der Waals surface area contributed by atoms with Gasteiger partial charge in [-0.3, -0.25) is 0 Å². The number of nitrogens with zero attached hydrogens (tertiary/aromatic N) is 2. The SMILES string of the molecule is CC(C)(C)c1ccc(N(c2cc(-c3ccccc3)cc(-c3ccc(F)cc3)c2)c2ccc3ccc4c(N(c5ccc(C(C)(C)C)cc5)c5cc(-c6ccccc6)cc(-c6ccc(F)cc6)c5)ccc5ccc2c3c54)cc1. The molecule has 0 saturated heterocycles. The van der Waals surface area contributed by atoms with Crippen molar-refractivity contribution < 1.29 is 8.78 Å². The number of hydrogen-bond acceptors (Lipinski definition) is 2. The van der Waals surface area contributed by atoms with Crippen LogP contribution in [-0.2, 0) is 10.8 Å². The molecule has 0 unspecified atom stereocenters. The number of benzene rings is 12. The van der Waals surface area contributed by atoms with Crippen LogP contribution in [-0.4, -0.2) is 0 Å². The Hall–Kier alpha value is -8.86. The van der Waals surface area contributed by atoms with E-state index >= 15 is 0 Å². The summed E-state index contributed by atoms with van der Waals surface area (Å²) < 4.78 is 29.0. The van der Waals surface area contributed by atoms with E-state index in [9.17, 15) is 8.78 Å². The van der Waals surface area contributed by atoms with Gasteiger partial charge in [0.05, 0.1) is 11.4 Å². The van der Waals surface area contributed by atoms with E-state index in [1.54, 1.807) is 0 Å². The highest BCUT2D eigenvalue weighted by atomic mass is 19.1. The zero-order chi connectivity index (χ0) is 52.3. The van der Waals surface area contributed by atoms with E-state index in [2.05, 4.69) is 233 Å². The van der Waals surface area contributed by atoms with Crippen LogP contribution in [0.1, 0.15) is 52.7 Å². The molecule has 0 spiro atoms. The second-order valence-corrected chi connectivity index (χ2v) is 22.1. The molecule has 0 N–H and O–H groups in total. The molecule has 0 fully saturated rings. The van der Waals surface area contributed by atoms with Gasteiger partial charge in [-0.15, -0.1) is 0 Å². The Morgan fingerprint density at radius 3 is 0.921 bits per heavy atom. The van der Waals surface area contributed by atoms with Gasteiger partial charge in [-0.2, -0.15) is 0 Å². The first kappa shape index (κ1) is 48.1. The summed E-state index contributed by atoms with van der Waals surface area (Å²) in [7, 11) is 0. The second kappa shape index (κ2) is 19.1. The Bertz CT molecular complexity index is 3770. The summed E-state index contributed by atoms with van der Waals surface area (Å²) in [6.07, 6.45) is 0. The molecule has 2 nitrogen and oxygen atoms in total. The van der Waals surface area contributed by atoms with Crippen molar-refractivity contribution in [1.82, 2.24) is 0 Å². The van der Waals surface area contributed by atoms with Crippen LogP contribution in [0.4, 0.5) is 42.9 Å². The van der Waals surface area contributed by atoms with Crippen LogP contribution in [0.3, 0.4) is 0 Å². The lowest BCUT2D eigenvalue weighted by Crippen LogP contribution is -2.14. The summed E-state index contributed by atoms with van der Waals surface area (Å²) in [5.74, 6) is -0.532. The van der Waals surface area contributed by atoms with Crippen molar-refractivity contribution in [2.75, 3.05) is 9.80 Å². The van der Waals surface area contributed by atoms with E-state index in [4.69, 9.17) is 0 Å². The van der Waals surface area contributed by atoms with Gasteiger partial charge in [0.25, 0.3) is 0 Å². The van der Waals surface area contributed by atoms with Crippen molar-refractivity contribution >= 4 is 66.4 Å². The quantitative estimate of drug-likeness (QED) is 0.126. The molecular weight excluding hydrogens is 931 g/mol. The molecule has 12 rings (SSSR count). The third-order valence-corrected chi connectivity index (χ3v) is 15.0. The summed E-state index contributed by atoms with van der Waals surface area (Å²) in [5, 5.41) is 6.88. The van der Waals surface area contributed by atoms with E-state index < -0.39 is 0 Å². The van der Waals surface area contributed by atoms with Crippen molar-refractivity contribution in [3.05, 3.63) is 265 Å². The first-order chi connectivity index (χ1) is 36.7. The summed E-state index contributed by atoms with van der Waals surface area (Å²) in [6, 6.07) is 84.2. The van der Waals surface area contributed by atoms with Gasteiger partial charge in [0.1, 0.15) is 11.6 Å². The third kappa shape index (κ3) is 9.15. The Balaban J connectivity index is 1.11. The molecule has 0 aromatic heterocycles. The number of hydrogen-bond donors (Lipinski definition) is 0. The van der Waals surface area contributed by atoms with Crippen LogP contribution in [0.5, 0.6) is 0 Å². The van der Waals surface area contributed by atoms with Gasteiger partial charge in [-0.25, -0.2) is 8.78 Å². The molecule has 12 aromatic rings. The zero-order valence-corrected chi connectivity index (χ0v) is 43.7. The fourth-order valence-corrected chi connectivity index (χ4v) is 10.9. The van der Waals surface area contributed by atoms with E-state index in [0.717, 1.165) is 100 Å². The Morgan fingerprint density at radius 2 is 0.592 bits per heavy atom. The molecule has 0 aliphatic carbocycles. The minimum Gasteiger partial charge on any atom is -0.310 e. The first-order valence-electron chi connectivity index (χ1n) is 26.2. The van der Waals surface area contributed by atoms with Crippen LogP contribution in [0.2, 0.25) is 0 Å². The molecule has 370 valence electrons. The van der Waals surface area contributed by atoms with Gasteiger partial charge >= 0.3 is 0 Å². The topological polar surface area (TPSA) is 6.48 Å². The molecule has 0 radical (unpaired) electrons. The molecule has 0 aliphatic rings. The Labute approximate surface area is 445 Å². The van der Waals surface area contributed by atoms with E-state index in [1.165, 1.54) is 46.2 Å². The summed E-state index contributed by atoms with van der Waals surface area (Å²) in [4.78, 5) is 4.79. The van der Waals surface area contributed by atoms with Crippen LogP contribution in [0, 0.1) is 11.6 Å². The first-order valence-corrected chi connectivity index (χ1v) is 26.2. The minimum absolute atomic E-state index is 0.0368. The van der Waals surface area contributed by atoms with Crippen LogP contribution >= 0.6 is 0 Å². The Kier molecular flexibility index (Phi) is 12.1. The molecule has 0 saturated carbocycles. The lowest BCUT2D eigenvalue weighted by Gasteiger charge is -2.31. The smallest absolute Gasteiger partial charge is 0.123 e. The molecular formula is C72H58F2N2. The summed E-state index contributed by atoms with van der Waals surface area (Å²) >= 11 is 0. The van der Waals surface area contributed by atoms with Crippen molar-refractivity contribution in [1.29, 1.82) is 0 Å². The highest BCUT2D eigenvalue weighted by Gasteiger charge is 2.25. The number of halogens is 2. The van der Waals surface area contributed by atoms with Gasteiger partial charge in [-0.05, 0) is 185 Å². The van der Waals surface area contributed by atoms with E-state index in [0.29, 0.717) is 0 Å². The summed E-state index contributed by atoms with van der Waals surface area (Å²) in [5.41, 5.74) is 16.7. The third-order valence-electron chi connectivity index (χ3n) is 15.0.